The second-order valence-electron chi connectivity index (χ2n) is 6.69. The molecular weight excluding hydrogens is 370 g/mol. The molecule has 0 unspecified atom stereocenters. The van der Waals surface area contributed by atoms with Crippen LogP contribution in [0.1, 0.15) is 25.3 Å². The van der Waals surface area contributed by atoms with Crippen LogP contribution in [0.2, 0.25) is 0 Å². The topological polar surface area (TPSA) is 53.9 Å². The van der Waals surface area contributed by atoms with Gasteiger partial charge in [-0.25, -0.2) is 4.99 Å². The van der Waals surface area contributed by atoms with E-state index in [1.54, 1.807) is 0 Å². The van der Waals surface area contributed by atoms with Crippen molar-refractivity contribution >= 4 is 40.3 Å². The van der Waals surface area contributed by atoms with Gasteiger partial charge in [-0.1, -0.05) is 12.1 Å². The molecule has 1 amide bonds. The largest absolute Gasteiger partial charge is 0.494 e. The summed E-state index contributed by atoms with van der Waals surface area (Å²) in [5, 5.41) is 3.43. The summed E-state index contributed by atoms with van der Waals surface area (Å²) in [6.07, 6.45) is 4.44. The molecule has 2 aliphatic rings. The maximum Gasteiger partial charge on any atom is 0.264 e. The lowest BCUT2D eigenvalue weighted by Crippen LogP contribution is -2.19. The number of amides is 1. The Morgan fingerprint density at radius 2 is 1.82 bits per heavy atom. The Balaban J connectivity index is 1.45. The summed E-state index contributed by atoms with van der Waals surface area (Å²) in [6, 6.07) is 15.9. The van der Waals surface area contributed by atoms with Crippen LogP contribution in [0.15, 0.2) is 58.4 Å². The number of benzene rings is 2. The molecule has 28 heavy (non-hydrogen) atoms. The Morgan fingerprint density at radius 1 is 1.11 bits per heavy atom. The average Bonchev–Trinajstić information content (AvgIpc) is 3.35. The number of carbonyl (C=O) groups is 1. The van der Waals surface area contributed by atoms with E-state index in [0.29, 0.717) is 16.7 Å². The minimum atomic E-state index is -0.113. The summed E-state index contributed by atoms with van der Waals surface area (Å²) < 4.78 is 5.44. The van der Waals surface area contributed by atoms with Gasteiger partial charge in [0, 0.05) is 18.8 Å². The van der Waals surface area contributed by atoms with Gasteiger partial charge in [0.15, 0.2) is 5.17 Å². The highest BCUT2D eigenvalue weighted by Crippen LogP contribution is 2.29. The molecule has 5 nitrogen and oxygen atoms in total. The lowest BCUT2D eigenvalue weighted by atomic mass is 10.2. The van der Waals surface area contributed by atoms with Gasteiger partial charge in [0.1, 0.15) is 5.75 Å². The molecule has 2 heterocycles. The molecule has 2 aliphatic heterocycles. The third-order valence-electron chi connectivity index (χ3n) is 4.69. The molecular formula is C22H23N3O2S. The quantitative estimate of drug-likeness (QED) is 0.756. The molecule has 0 radical (unpaired) electrons. The summed E-state index contributed by atoms with van der Waals surface area (Å²) >= 11 is 1.36. The highest BCUT2D eigenvalue weighted by Gasteiger charge is 2.23. The van der Waals surface area contributed by atoms with E-state index in [-0.39, 0.29) is 5.91 Å². The summed E-state index contributed by atoms with van der Waals surface area (Å²) in [5.41, 5.74) is 3.05. The monoisotopic (exact) mass is 393 g/mol. The molecule has 2 aromatic carbocycles. The molecule has 2 aromatic rings. The second-order valence-corrected chi connectivity index (χ2v) is 7.72. The van der Waals surface area contributed by atoms with Crippen molar-refractivity contribution < 1.29 is 9.53 Å². The lowest BCUT2D eigenvalue weighted by Gasteiger charge is -2.17. The predicted octanol–water partition coefficient (Wildman–Crippen LogP) is 4.58. The third kappa shape index (κ3) is 4.39. The van der Waals surface area contributed by atoms with Crippen LogP contribution in [0.25, 0.3) is 6.08 Å². The van der Waals surface area contributed by atoms with Gasteiger partial charge in [-0.2, -0.15) is 0 Å². The van der Waals surface area contributed by atoms with Gasteiger partial charge >= 0.3 is 0 Å². The Kier molecular flexibility index (Phi) is 5.67. The van der Waals surface area contributed by atoms with Crippen molar-refractivity contribution in [2.75, 3.05) is 24.6 Å². The fourth-order valence-electron chi connectivity index (χ4n) is 3.29. The molecule has 1 N–H and O–H groups in total. The first-order chi connectivity index (χ1) is 13.7. The number of ether oxygens (including phenoxy) is 1. The molecule has 0 spiro atoms. The molecule has 0 aliphatic carbocycles. The van der Waals surface area contributed by atoms with Gasteiger partial charge in [-0.3, -0.25) is 4.79 Å². The number of rotatable bonds is 5. The third-order valence-corrected chi connectivity index (χ3v) is 5.60. The smallest absolute Gasteiger partial charge is 0.264 e. The number of anilines is 1. The Morgan fingerprint density at radius 3 is 2.50 bits per heavy atom. The molecule has 144 valence electrons. The summed E-state index contributed by atoms with van der Waals surface area (Å²) in [6.45, 7) is 4.84. The van der Waals surface area contributed by atoms with Crippen LogP contribution in [0.3, 0.4) is 0 Å². The minimum absolute atomic E-state index is 0.113. The predicted molar refractivity (Wildman–Crippen MR) is 116 cm³/mol. The average molecular weight is 394 g/mol. The van der Waals surface area contributed by atoms with Gasteiger partial charge in [-0.05, 0) is 79.6 Å². The molecule has 0 atom stereocenters. The van der Waals surface area contributed by atoms with Crippen molar-refractivity contribution in [2.24, 2.45) is 4.99 Å². The van der Waals surface area contributed by atoms with Gasteiger partial charge in [0.2, 0.25) is 0 Å². The number of aliphatic imine (C=N–C) groups is 1. The van der Waals surface area contributed by atoms with Gasteiger partial charge in [-0.15, -0.1) is 0 Å². The number of carbonyl (C=O) groups excluding carboxylic acids is 1. The van der Waals surface area contributed by atoms with Crippen LogP contribution in [0, 0.1) is 0 Å². The van der Waals surface area contributed by atoms with E-state index in [9.17, 15) is 4.79 Å². The highest BCUT2D eigenvalue weighted by atomic mass is 32.2. The normalized spacial score (nSPS) is 19.5. The van der Waals surface area contributed by atoms with Crippen molar-refractivity contribution in [3.8, 4) is 5.75 Å². The van der Waals surface area contributed by atoms with E-state index >= 15 is 0 Å². The van der Waals surface area contributed by atoms with E-state index in [1.165, 1.54) is 30.3 Å². The zero-order chi connectivity index (χ0) is 19.3. The van der Waals surface area contributed by atoms with Crippen molar-refractivity contribution in [3.63, 3.8) is 0 Å². The van der Waals surface area contributed by atoms with E-state index in [0.717, 1.165) is 30.1 Å². The van der Waals surface area contributed by atoms with E-state index < -0.39 is 0 Å². The fourth-order valence-corrected chi connectivity index (χ4v) is 4.13. The second kappa shape index (κ2) is 8.52. The number of hydrogen-bond donors (Lipinski definition) is 1. The fraction of sp³-hybridized carbons (Fsp3) is 0.273. The van der Waals surface area contributed by atoms with Crippen molar-refractivity contribution in [2.45, 2.75) is 19.8 Å². The maximum atomic E-state index is 12.3. The van der Waals surface area contributed by atoms with E-state index in [2.05, 4.69) is 39.5 Å². The molecule has 0 saturated carbocycles. The molecule has 4 rings (SSSR count). The minimum Gasteiger partial charge on any atom is -0.494 e. The number of thioether (sulfide) groups is 1. The Hall–Kier alpha value is -2.73. The SMILES string of the molecule is CCOc1ccc(N=C2NC(=O)/C(=C\c3ccc(N4CCCC4)cc3)S2)cc1. The summed E-state index contributed by atoms with van der Waals surface area (Å²) in [4.78, 5) is 19.8. The molecule has 2 fully saturated rings. The standard InChI is InChI=1S/C22H23N3O2S/c1-2-27-19-11-7-17(8-12-19)23-22-24-21(26)20(28-22)15-16-5-9-18(10-6-16)25-13-3-4-14-25/h5-12,15H,2-4,13-14H2,1H3,(H,23,24,26)/b20-15+. The van der Waals surface area contributed by atoms with Crippen molar-refractivity contribution in [1.29, 1.82) is 0 Å². The first-order valence-electron chi connectivity index (χ1n) is 9.59. The Labute approximate surface area is 169 Å². The molecule has 0 aromatic heterocycles. The van der Waals surface area contributed by atoms with Crippen LogP contribution in [-0.2, 0) is 4.79 Å². The zero-order valence-electron chi connectivity index (χ0n) is 15.9. The number of amidine groups is 1. The van der Waals surface area contributed by atoms with Crippen LogP contribution < -0.4 is 15.0 Å². The van der Waals surface area contributed by atoms with Crippen LogP contribution in [0.4, 0.5) is 11.4 Å². The summed E-state index contributed by atoms with van der Waals surface area (Å²) in [5.74, 6) is 0.700. The van der Waals surface area contributed by atoms with Crippen molar-refractivity contribution in [3.05, 3.63) is 59.0 Å². The first-order valence-corrected chi connectivity index (χ1v) is 10.4. The van der Waals surface area contributed by atoms with Crippen LogP contribution in [0.5, 0.6) is 5.75 Å². The van der Waals surface area contributed by atoms with Gasteiger partial charge in [0.05, 0.1) is 17.2 Å². The van der Waals surface area contributed by atoms with E-state index in [1.807, 2.05) is 37.3 Å². The molecule has 6 heteroatoms. The van der Waals surface area contributed by atoms with Crippen LogP contribution in [-0.4, -0.2) is 30.8 Å². The maximum absolute atomic E-state index is 12.3. The Bertz CT molecular complexity index is 898. The lowest BCUT2D eigenvalue weighted by molar-refractivity contribution is -0.115. The van der Waals surface area contributed by atoms with Crippen LogP contribution >= 0.6 is 11.8 Å². The van der Waals surface area contributed by atoms with Gasteiger partial charge in [0.25, 0.3) is 5.91 Å². The summed E-state index contributed by atoms with van der Waals surface area (Å²) in [7, 11) is 0. The van der Waals surface area contributed by atoms with Gasteiger partial charge < -0.3 is 15.0 Å². The first kappa shape index (κ1) is 18.6. The zero-order valence-corrected chi connectivity index (χ0v) is 16.7. The molecule has 2 saturated heterocycles. The molecule has 0 bridgehead atoms. The number of nitrogens with zero attached hydrogens (tertiary/aromatic N) is 2. The highest BCUT2D eigenvalue weighted by molar-refractivity contribution is 8.18. The van der Waals surface area contributed by atoms with Crippen molar-refractivity contribution in [1.82, 2.24) is 5.32 Å². The van der Waals surface area contributed by atoms with E-state index in [4.69, 9.17) is 4.74 Å². The number of nitrogens with one attached hydrogen (secondary N) is 1. The number of hydrogen-bond acceptors (Lipinski definition) is 5.